The number of aryl methyl sites for hydroxylation is 1. The van der Waals surface area contributed by atoms with Gasteiger partial charge in [0.15, 0.2) is 9.84 Å². The third kappa shape index (κ3) is 4.22. The zero-order valence-electron chi connectivity index (χ0n) is 15.7. The van der Waals surface area contributed by atoms with Crippen LogP contribution in [0, 0.1) is 24.0 Å². The van der Waals surface area contributed by atoms with Gasteiger partial charge in [0.1, 0.15) is 17.9 Å². The predicted molar refractivity (Wildman–Crippen MR) is 102 cm³/mol. The van der Waals surface area contributed by atoms with Crippen LogP contribution in [-0.4, -0.2) is 51.5 Å². The van der Waals surface area contributed by atoms with Crippen LogP contribution in [0.1, 0.15) is 23.4 Å². The Bertz CT molecular complexity index is 1000. The predicted octanol–water partition coefficient (Wildman–Crippen LogP) is 1.62. The molecule has 1 saturated heterocycles. The van der Waals surface area contributed by atoms with E-state index < -0.39 is 20.8 Å². The highest BCUT2D eigenvalue weighted by Crippen LogP contribution is 2.24. The molecular weight excluding hydrogens is 384 g/mol. The maximum absolute atomic E-state index is 13.1. The highest BCUT2D eigenvalue weighted by atomic mass is 32.2. The summed E-state index contributed by atoms with van der Waals surface area (Å²) in [5, 5.41) is 15.3. The quantitative estimate of drug-likeness (QED) is 0.532. The van der Waals surface area contributed by atoms with Crippen LogP contribution >= 0.6 is 0 Å². The average molecular weight is 406 g/mol. The first-order valence-corrected chi connectivity index (χ1v) is 10.7. The summed E-state index contributed by atoms with van der Waals surface area (Å²) in [6.07, 6.45) is 0.387. The molecular formula is C18H22N4O5S. The molecule has 0 N–H and O–H groups in total. The van der Waals surface area contributed by atoms with E-state index in [1.807, 2.05) is 30.3 Å². The van der Waals surface area contributed by atoms with E-state index in [0.717, 1.165) is 5.56 Å². The second-order valence-electron chi connectivity index (χ2n) is 7.00. The fraction of sp³-hybridized carbons (Fsp3) is 0.444. The molecule has 10 heteroatoms. The van der Waals surface area contributed by atoms with Gasteiger partial charge in [-0.15, -0.1) is 0 Å². The lowest BCUT2D eigenvalue weighted by molar-refractivity contribution is -0.386. The fourth-order valence-corrected chi connectivity index (χ4v) is 5.28. The monoisotopic (exact) mass is 406 g/mol. The minimum Gasteiger partial charge on any atom is -0.333 e. The van der Waals surface area contributed by atoms with Gasteiger partial charge in [0.05, 0.1) is 16.4 Å². The van der Waals surface area contributed by atoms with Crippen molar-refractivity contribution in [2.24, 2.45) is 0 Å². The first kappa shape index (κ1) is 20.0. The van der Waals surface area contributed by atoms with Crippen molar-refractivity contribution in [3.05, 3.63) is 57.4 Å². The van der Waals surface area contributed by atoms with Crippen molar-refractivity contribution >= 4 is 21.4 Å². The molecule has 0 aliphatic carbocycles. The minimum absolute atomic E-state index is 0.0572. The minimum atomic E-state index is -3.17. The Labute approximate surface area is 163 Å². The number of benzene rings is 1. The highest BCUT2D eigenvalue weighted by Gasteiger charge is 2.35. The van der Waals surface area contributed by atoms with Gasteiger partial charge in [0.2, 0.25) is 5.91 Å². The number of hydrogen-bond acceptors (Lipinski definition) is 6. The van der Waals surface area contributed by atoms with E-state index in [-0.39, 0.29) is 41.9 Å². The molecule has 1 aliphatic heterocycles. The molecule has 1 aromatic heterocycles. The highest BCUT2D eigenvalue weighted by molar-refractivity contribution is 7.91. The van der Waals surface area contributed by atoms with Gasteiger partial charge in [-0.05, 0) is 25.8 Å². The molecule has 0 spiro atoms. The van der Waals surface area contributed by atoms with Crippen LogP contribution in [0.3, 0.4) is 0 Å². The lowest BCUT2D eigenvalue weighted by atomic mass is 10.1. The van der Waals surface area contributed by atoms with Crippen molar-refractivity contribution in [2.45, 2.75) is 39.4 Å². The number of nitrogens with zero attached hydrogens (tertiary/aromatic N) is 4. The first-order valence-electron chi connectivity index (χ1n) is 8.90. The number of amides is 1. The second-order valence-corrected chi connectivity index (χ2v) is 9.23. The van der Waals surface area contributed by atoms with Crippen LogP contribution in [0.5, 0.6) is 0 Å². The van der Waals surface area contributed by atoms with Gasteiger partial charge in [0.25, 0.3) is 0 Å². The summed E-state index contributed by atoms with van der Waals surface area (Å²) >= 11 is 0. The molecule has 0 saturated carbocycles. The number of hydrogen-bond donors (Lipinski definition) is 0. The maximum atomic E-state index is 13.1. The van der Waals surface area contributed by atoms with E-state index in [4.69, 9.17) is 0 Å². The Balaban J connectivity index is 1.86. The van der Waals surface area contributed by atoms with Crippen molar-refractivity contribution in [1.29, 1.82) is 0 Å². The molecule has 28 heavy (non-hydrogen) atoms. The lowest BCUT2D eigenvalue weighted by Gasteiger charge is -2.28. The fourth-order valence-electron chi connectivity index (χ4n) is 3.55. The van der Waals surface area contributed by atoms with E-state index in [2.05, 4.69) is 5.10 Å². The molecule has 9 nitrogen and oxygen atoms in total. The van der Waals surface area contributed by atoms with Crippen molar-refractivity contribution in [3.8, 4) is 0 Å². The third-order valence-corrected chi connectivity index (χ3v) is 6.73. The van der Waals surface area contributed by atoms with Gasteiger partial charge < -0.3 is 4.90 Å². The summed E-state index contributed by atoms with van der Waals surface area (Å²) < 4.78 is 25.2. The SMILES string of the molecule is Cc1nn(CC(=O)N(Cc2ccccc2)[C@@H]2CCS(=O)(=O)C2)c(C)c1[N+](=O)[O-]. The molecule has 1 fully saturated rings. The molecule has 0 bridgehead atoms. The van der Waals surface area contributed by atoms with Gasteiger partial charge in [-0.2, -0.15) is 5.10 Å². The Kier molecular flexibility index (Phi) is 5.50. The molecule has 2 heterocycles. The zero-order valence-corrected chi connectivity index (χ0v) is 16.6. The van der Waals surface area contributed by atoms with Crippen LogP contribution in [0.4, 0.5) is 5.69 Å². The number of carbonyl (C=O) groups excluding carboxylic acids is 1. The van der Waals surface area contributed by atoms with Crippen molar-refractivity contribution < 1.29 is 18.1 Å². The summed E-state index contributed by atoms with van der Waals surface area (Å²) in [5.74, 6) is -0.323. The Morgan fingerprint density at radius 3 is 2.54 bits per heavy atom. The smallest absolute Gasteiger partial charge is 0.312 e. The van der Waals surface area contributed by atoms with Crippen LogP contribution < -0.4 is 0 Å². The van der Waals surface area contributed by atoms with Crippen molar-refractivity contribution in [2.75, 3.05) is 11.5 Å². The van der Waals surface area contributed by atoms with Crippen LogP contribution in [-0.2, 0) is 27.7 Å². The van der Waals surface area contributed by atoms with Crippen LogP contribution in [0.25, 0.3) is 0 Å². The molecule has 1 aromatic carbocycles. The first-order chi connectivity index (χ1) is 13.2. The van der Waals surface area contributed by atoms with E-state index in [1.165, 1.54) is 11.6 Å². The number of nitro groups is 1. The molecule has 1 atom stereocenters. The third-order valence-electron chi connectivity index (χ3n) is 4.98. The van der Waals surface area contributed by atoms with Gasteiger partial charge >= 0.3 is 5.69 Å². The molecule has 1 amide bonds. The molecule has 3 rings (SSSR count). The summed E-state index contributed by atoms with van der Waals surface area (Å²) in [6, 6.07) is 8.91. The van der Waals surface area contributed by atoms with Gasteiger partial charge in [0, 0.05) is 12.6 Å². The number of aromatic nitrogens is 2. The summed E-state index contributed by atoms with van der Waals surface area (Å²) in [5.41, 5.74) is 1.33. The number of rotatable bonds is 6. The molecule has 0 unspecified atom stereocenters. The van der Waals surface area contributed by atoms with Crippen LogP contribution in [0.2, 0.25) is 0 Å². The number of carbonyl (C=O) groups is 1. The topological polar surface area (TPSA) is 115 Å². The Morgan fingerprint density at radius 1 is 1.32 bits per heavy atom. The van der Waals surface area contributed by atoms with E-state index in [9.17, 15) is 23.3 Å². The summed E-state index contributed by atoms with van der Waals surface area (Å²) in [4.78, 5) is 25.3. The Morgan fingerprint density at radius 2 is 2.00 bits per heavy atom. The molecule has 0 radical (unpaired) electrons. The largest absolute Gasteiger partial charge is 0.333 e. The molecule has 150 valence electrons. The van der Waals surface area contributed by atoms with Crippen molar-refractivity contribution in [3.63, 3.8) is 0 Å². The average Bonchev–Trinajstić information content (AvgIpc) is 3.12. The number of sulfone groups is 1. The van der Waals surface area contributed by atoms with Crippen molar-refractivity contribution in [1.82, 2.24) is 14.7 Å². The van der Waals surface area contributed by atoms with E-state index in [1.54, 1.807) is 11.8 Å². The molecule has 1 aliphatic rings. The van der Waals surface area contributed by atoms with Crippen LogP contribution in [0.15, 0.2) is 30.3 Å². The Hall–Kier alpha value is -2.75. The lowest BCUT2D eigenvalue weighted by Crippen LogP contribution is -2.42. The molecule has 2 aromatic rings. The van der Waals surface area contributed by atoms with Gasteiger partial charge in [-0.3, -0.25) is 19.6 Å². The standard InChI is InChI=1S/C18H22N4O5S/c1-13-18(22(24)25)14(2)21(19-13)11-17(23)20(10-15-6-4-3-5-7-15)16-8-9-28(26,27)12-16/h3-7,16H,8-12H2,1-2H3/t16-/m1/s1. The van der Waals surface area contributed by atoms with E-state index in [0.29, 0.717) is 12.1 Å². The normalized spacial score (nSPS) is 18.1. The summed E-state index contributed by atoms with van der Waals surface area (Å²) in [7, 11) is -3.17. The summed E-state index contributed by atoms with van der Waals surface area (Å²) in [6.45, 7) is 3.18. The van der Waals surface area contributed by atoms with E-state index >= 15 is 0 Å². The zero-order chi connectivity index (χ0) is 20.5. The van der Waals surface area contributed by atoms with Gasteiger partial charge in [-0.25, -0.2) is 8.42 Å². The second kappa shape index (κ2) is 7.70. The van der Waals surface area contributed by atoms with Gasteiger partial charge in [-0.1, -0.05) is 30.3 Å². The maximum Gasteiger partial charge on any atom is 0.312 e.